The molecule has 3 heterocycles. The molecule has 3 nitrogen and oxygen atoms in total. The van der Waals surface area contributed by atoms with Crippen LogP contribution in [0.5, 0.6) is 0 Å². The first kappa shape index (κ1) is 6.91. The monoisotopic (exact) mass is 187 g/mol. The average molecular weight is 187 g/mol. The molecule has 0 fully saturated rings. The lowest BCUT2D eigenvalue weighted by molar-refractivity contribution is 1.23. The first-order chi connectivity index (χ1) is 6.45. The van der Waals surface area contributed by atoms with E-state index < -0.39 is 0 Å². The fraction of sp³-hybridized carbons (Fsp3) is 0. The maximum Gasteiger partial charge on any atom is 0.116 e. The maximum absolute atomic E-state index is 4.24. The van der Waals surface area contributed by atoms with Crippen molar-refractivity contribution in [1.29, 1.82) is 0 Å². The van der Waals surface area contributed by atoms with Crippen LogP contribution in [0.3, 0.4) is 0 Å². The Kier molecular flexibility index (Phi) is 1.31. The SMILES string of the molecule is c1cc2c(cn1)sc1cncnc12. The van der Waals surface area contributed by atoms with E-state index >= 15 is 0 Å². The molecule has 0 atom stereocenters. The van der Waals surface area contributed by atoms with Crippen molar-refractivity contribution < 1.29 is 0 Å². The van der Waals surface area contributed by atoms with E-state index in [4.69, 9.17) is 0 Å². The molecular weight excluding hydrogens is 182 g/mol. The van der Waals surface area contributed by atoms with Crippen LogP contribution < -0.4 is 0 Å². The average Bonchev–Trinajstić information content (AvgIpc) is 2.56. The quantitative estimate of drug-likeness (QED) is 0.541. The van der Waals surface area contributed by atoms with Crippen LogP contribution in [0.1, 0.15) is 0 Å². The zero-order valence-corrected chi connectivity index (χ0v) is 7.45. The van der Waals surface area contributed by atoms with Crippen LogP contribution in [-0.2, 0) is 0 Å². The third-order valence-corrected chi connectivity index (χ3v) is 3.00. The van der Waals surface area contributed by atoms with Gasteiger partial charge in [0.1, 0.15) is 6.33 Å². The van der Waals surface area contributed by atoms with E-state index in [0.717, 1.165) is 20.3 Å². The zero-order valence-electron chi connectivity index (χ0n) is 6.64. The van der Waals surface area contributed by atoms with Gasteiger partial charge in [0, 0.05) is 24.0 Å². The van der Waals surface area contributed by atoms with Crippen molar-refractivity contribution in [3.8, 4) is 0 Å². The summed E-state index contributed by atoms with van der Waals surface area (Å²) in [6.07, 6.45) is 7.07. The summed E-state index contributed by atoms with van der Waals surface area (Å²) >= 11 is 1.67. The van der Waals surface area contributed by atoms with Gasteiger partial charge in [-0.15, -0.1) is 11.3 Å². The van der Waals surface area contributed by atoms with Crippen molar-refractivity contribution in [2.75, 3.05) is 0 Å². The van der Waals surface area contributed by atoms with Gasteiger partial charge in [0.15, 0.2) is 0 Å². The summed E-state index contributed by atoms with van der Waals surface area (Å²) in [6.45, 7) is 0. The van der Waals surface area contributed by atoms with Gasteiger partial charge in [-0.05, 0) is 6.07 Å². The summed E-state index contributed by atoms with van der Waals surface area (Å²) in [5.74, 6) is 0. The van der Waals surface area contributed by atoms with E-state index in [1.165, 1.54) is 0 Å². The summed E-state index contributed by atoms with van der Waals surface area (Å²) < 4.78 is 2.28. The molecule has 13 heavy (non-hydrogen) atoms. The molecule has 0 spiro atoms. The maximum atomic E-state index is 4.24. The summed E-state index contributed by atoms with van der Waals surface area (Å²) in [5, 5.41) is 1.16. The third-order valence-electron chi connectivity index (χ3n) is 1.94. The molecule has 0 aliphatic rings. The van der Waals surface area contributed by atoms with Crippen molar-refractivity contribution in [2.24, 2.45) is 0 Å². The Labute approximate surface area is 78.1 Å². The van der Waals surface area contributed by atoms with Crippen LogP contribution >= 0.6 is 11.3 Å². The van der Waals surface area contributed by atoms with Crippen LogP contribution in [0.4, 0.5) is 0 Å². The summed E-state index contributed by atoms with van der Waals surface area (Å²) in [4.78, 5) is 12.3. The number of aromatic nitrogens is 3. The van der Waals surface area contributed by atoms with Gasteiger partial charge in [0.2, 0.25) is 0 Å². The molecule has 0 bridgehead atoms. The molecule has 0 aliphatic carbocycles. The Hall–Kier alpha value is -1.55. The number of hydrogen-bond acceptors (Lipinski definition) is 4. The lowest BCUT2D eigenvalue weighted by atomic mass is 10.3. The van der Waals surface area contributed by atoms with Gasteiger partial charge in [0.05, 0.1) is 14.9 Å². The largest absolute Gasteiger partial charge is 0.263 e. The van der Waals surface area contributed by atoms with Crippen molar-refractivity contribution in [3.05, 3.63) is 31.0 Å². The minimum atomic E-state index is 1.03. The molecule has 0 N–H and O–H groups in total. The molecule has 0 saturated carbocycles. The van der Waals surface area contributed by atoms with E-state index in [2.05, 4.69) is 15.0 Å². The Morgan fingerprint density at radius 1 is 1.08 bits per heavy atom. The molecular formula is C9H5N3S. The van der Waals surface area contributed by atoms with E-state index in [-0.39, 0.29) is 0 Å². The van der Waals surface area contributed by atoms with E-state index in [0.29, 0.717) is 0 Å². The number of rotatable bonds is 0. The second-order valence-electron chi connectivity index (χ2n) is 2.71. The van der Waals surface area contributed by atoms with Crippen molar-refractivity contribution in [1.82, 2.24) is 15.0 Å². The normalized spacial score (nSPS) is 11.1. The van der Waals surface area contributed by atoms with Gasteiger partial charge >= 0.3 is 0 Å². The first-order valence-corrected chi connectivity index (χ1v) is 4.69. The highest BCUT2D eigenvalue weighted by Crippen LogP contribution is 2.30. The molecule has 0 radical (unpaired) electrons. The minimum absolute atomic E-state index is 1.03. The molecule has 3 aromatic heterocycles. The molecule has 0 amide bonds. The molecule has 62 valence electrons. The topological polar surface area (TPSA) is 38.7 Å². The summed E-state index contributed by atoms with van der Waals surface area (Å²) in [5.41, 5.74) is 1.03. The van der Waals surface area contributed by atoms with E-state index in [9.17, 15) is 0 Å². The lowest BCUT2D eigenvalue weighted by Gasteiger charge is -1.86. The van der Waals surface area contributed by atoms with Gasteiger partial charge in [-0.1, -0.05) is 0 Å². The predicted octanol–water partition coefficient (Wildman–Crippen LogP) is 2.24. The van der Waals surface area contributed by atoms with Gasteiger partial charge < -0.3 is 0 Å². The lowest BCUT2D eigenvalue weighted by Crippen LogP contribution is -1.75. The van der Waals surface area contributed by atoms with Crippen LogP contribution in [0.2, 0.25) is 0 Å². The van der Waals surface area contributed by atoms with Crippen LogP contribution in [0, 0.1) is 0 Å². The Bertz CT molecular complexity index is 523. The molecule has 4 heteroatoms. The van der Waals surface area contributed by atoms with Crippen LogP contribution in [0.15, 0.2) is 31.0 Å². The summed E-state index contributed by atoms with van der Waals surface area (Å²) in [7, 11) is 0. The molecule has 0 saturated heterocycles. The van der Waals surface area contributed by atoms with Gasteiger partial charge in [-0.2, -0.15) is 0 Å². The highest BCUT2D eigenvalue weighted by molar-refractivity contribution is 7.25. The molecule has 0 unspecified atom stereocenters. The Morgan fingerprint density at radius 3 is 3.00 bits per heavy atom. The van der Waals surface area contributed by atoms with E-state index in [1.807, 2.05) is 18.5 Å². The zero-order chi connectivity index (χ0) is 8.67. The molecule has 0 aromatic carbocycles. The fourth-order valence-electron chi connectivity index (χ4n) is 1.37. The molecule has 3 aromatic rings. The minimum Gasteiger partial charge on any atom is -0.263 e. The van der Waals surface area contributed by atoms with Crippen molar-refractivity contribution in [3.63, 3.8) is 0 Å². The molecule has 0 aliphatic heterocycles. The second-order valence-corrected chi connectivity index (χ2v) is 3.79. The number of thiophene rings is 1. The third kappa shape index (κ3) is 0.922. The standard InChI is InChI=1S/C9H5N3S/c1-2-10-3-7-6(1)9-8(13-7)4-11-5-12-9/h1-5H. The Balaban J connectivity index is 2.64. The van der Waals surface area contributed by atoms with Crippen LogP contribution in [-0.4, -0.2) is 15.0 Å². The van der Waals surface area contributed by atoms with Crippen molar-refractivity contribution >= 4 is 31.6 Å². The highest BCUT2D eigenvalue weighted by Gasteiger charge is 2.04. The van der Waals surface area contributed by atoms with Gasteiger partial charge in [0.25, 0.3) is 0 Å². The number of fused-ring (bicyclic) bond motifs is 3. The smallest absolute Gasteiger partial charge is 0.116 e. The molecule has 3 rings (SSSR count). The predicted molar refractivity (Wildman–Crippen MR) is 52.7 cm³/mol. The van der Waals surface area contributed by atoms with E-state index in [1.54, 1.807) is 23.9 Å². The summed E-state index contributed by atoms with van der Waals surface area (Å²) in [6, 6.07) is 1.99. The number of hydrogen-bond donors (Lipinski definition) is 0. The van der Waals surface area contributed by atoms with Gasteiger partial charge in [-0.3, -0.25) is 4.98 Å². The first-order valence-electron chi connectivity index (χ1n) is 3.87. The highest BCUT2D eigenvalue weighted by atomic mass is 32.1. The van der Waals surface area contributed by atoms with Crippen LogP contribution in [0.25, 0.3) is 20.3 Å². The van der Waals surface area contributed by atoms with Crippen molar-refractivity contribution in [2.45, 2.75) is 0 Å². The second kappa shape index (κ2) is 2.47. The number of nitrogens with zero attached hydrogens (tertiary/aromatic N) is 3. The number of pyridine rings is 1. The van der Waals surface area contributed by atoms with Gasteiger partial charge in [-0.25, -0.2) is 9.97 Å². The Morgan fingerprint density at radius 2 is 2.00 bits per heavy atom. The fourth-order valence-corrected chi connectivity index (χ4v) is 2.37.